The van der Waals surface area contributed by atoms with Gasteiger partial charge in [-0.15, -0.1) is 0 Å². The molecule has 1 N–H and O–H groups in total. The van der Waals surface area contributed by atoms with Gasteiger partial charge >= 0.3 is 0 Å². The number of halogens is 1. The Morgan fingerprint density at radius 3 is 2.79 bits per heavy atom. The van der Waals surface area contributed by atoms with E-state index in [-0.39, 0.29) is 11.9 Å². The summed E-state index contributed by atoms with van der Waals surface area (Å²) in [5, 5.41) is 3.48. The lowest BCUT2D eigenvalue weighted by atomic mass is 10.1. The molecule has 0 atom stereocenters. The minimum Gasteiger partial charge on any atom is -0.322 e. The molecule has 1 amide bonds. The van der Waals surface area contributed by atoms with Crippen LogP contribution < -0.4 is 5.32 Å². The molecule has 1 aromatic heterocycles. The lowest BCUT2D eigenvalue weighted by Crippen LogP contribution is -2.06. The molecule has 0 aliphatic carbocycles. The molecule has 0 saturated carbocycles. The van der Waals surface area contributed by atoms with E-state index in [1.54, 1.807) is 6.07 Å². The SMILES string of the molecule is CC(C)n1c(/C=C2/C(=O)Nc3ccc(Cl)cc32)nc2ccccc21. The predicted octanol–water partition coefficient (Wildman–Crippen LogP) is 4.76. The number of carbonyl (C=O) groups excluding carboxylic acids is 1. The lowest BCUT2D eigenvalue weighted by Gasteiger charge is -2.11. The number of nitrogens with one attached hydrogen (secondary N) is 1. The van der Waals surface area contributed by atoms with Gasteiger partial charge in [-0.2, -0.15) is 0 Å². The Balaban J connectivity index is 1.94. The number of imidazole rings is 1. The van der Waals surface area contributed by atoms with Gasteiger partial charge in [0.1, 0.15) is 5.82 Å². The quantitative estimate of drug-likeness (QED) is 0.685. The van der Waals surface area contributed by atoms with Gasteiger partial charge in [-0.25, -0.2) is 4.98 Å². The number of benzene rings is 2. The third kappa shape index (κ3) is 2.31. The van der Waals surface area contributed by atoms with Crippen LogP contribution in [-0.2, 0) is 4.79 Å². The van der Waals surface area contributed by atoms with Crippen LogP contribution in [0.3, 0.4) is 0 Å². The average molecular weight is 338 g/mol. The van der Waals surface area contributed by atoms with Crippen LogP contribution in [0, 0.1) is 0 Å². The van der Waals surface area contributed by atoms with Crippen molar-refractivity contribution in [3.8, 4) is 0 Å². The van der Waals surface area contributed by atoms with Crippen LogP contribution in [0.5, 0.6) is 0 Å². The third-order valence-corrected chi connectivity index (χ3v) is 4.41. The minimum atomic E-state index is -0.130. The Morgan fingerprint density at radius 1 is 1.21 bits per heavy atom. The highest BCUT2D eigenvalue weighted by Crippen LogP contribution is 2.35. The van der Waals surface area contributed by atoms with Crippen molar-refractivity contribution in [1.82, 2.24) is 9.55 Å². The van der Waals surface area contributed by atoms with Crippen molar-refractivity contribution in [2.75, 3.05) is 5.32 Å². The van der Waals surface area contributed by atoms with E-state index in [1.165, 1.54) is 0 Å². The number of aromatic nitrogens is 2. The highest BCUT2D eigenvalue weighted by Gasteiger charge is 2.25. The van der Waals surface area contributed by atoms with E-state index >= 15 is 0 Å². The summed E-state index contributed by atoms with van der Waals surface area (Å²) >= 11 is 6.10. The molecule has 0 bridgehead atoms. The fourth-order valence-electron chi connectivity index (χ4n) is 3.14. The molecule has 0 fully saturated rings. The molecule has 120 valence electrons. The van der Waals surface area contributed by atoms with Crippen LogP contribution >= 0.6 is 11.6 Å². The number of para-hydroxylation sites is 2. The van der Waals surface area contributed by atoms with Gasteiger partial charge in [-0.1, -0.05) is 23.7 Å². The highest BCUT2D eigenvalue weighted by atomic mass is 35.5. The van der Waals surface area contributed by atoms with Crippen molar-refractivity contribution in [2.45, 2.75) is 19.9 Å². The maximum Gasteiger partial charge on any atom is 0.256 e. The number of rotatable bonds is 2. The van der Waals surface area contributed by atoms with Crippen molar-refractivity contribution in [3.63, 3.8) is 0 Å². The number of hydrogen-bond donors (Lipinski definition) is 1. The van der Waals surface area contributed by atoms with Crippen molar-refractivity contribution in [2.24, 2.45) is 0 Å². The van der Waals surface area contributed by atoms with Crippen LogP contribution in [0.1, 0.15) is 31.3 Å². The van der Waals surface area contributed by atoms with Crippen LogP contribution in [-0.4, -0.2) is 15.5 Å². The summed E-state index contributed by atoms with van der Waals surface area (Å²) in [5.41, 5.74) is 4.16. The lowest BCUT2D eigenvalue weighted by molar-refractivity contribution is -0.110. The van der Waals surface area contributed by atoms with Gasteiger partial charge in [0, 0.05) is 22.3 Å². The minimum absolute atomic E-state index is 0.130. The highest BCUT2D eigenvalue weighted by molar-refractivity contribution is 6.36. The molecule has 0 unspecified atom stereocenters. The summed E-state index contributed by atoms with van der Waals surface area (Å²) < 4.78 is 2.14. The monoisotopic (exact) mass is 337 g/mol. The molecule has 4 nitrogen and oxygen atoms in total. The molecule has 5 heteroatoms. The largest absolute Gasteiger partial charge is 0.322 e. The van der Waals surface area contributed by atoms with Gasteiger partial charge in [0.2, 0.25) is 0 Å². The van der Waals surface area contributed by atoms with Gasteiger partial charge in [0.05, 0.1) is 16.6 Å². The van der Waals surface area contributed by atoms with E-state index in [0.717, 1.165) is 28.1 Å². The molecule has 2 aromatic carbocycles. The normalized spacial score (nSPS) is 15.3. The van der Waals surface area contributed by atoms with Gasteiger partial charge in [-0.05, 0) is 50.3 Å². The number of anilines is 1. The van der Waals surface area contributed by atoms with Crippen molar-refractivity contribution in [1.29, 1.82) is 0 Å². The molecule has 4 rings (SSSR count). The van der Waals surface area contributed by atoms with Crippen LogP contribution in [0.15, 0.2) is 42.5 Å². The second-order valence-electron chi connectivity index (χ2n) is 6.12. The smallest absolute Gasteiger partial charge is 0.256 e. The maximum atomic E-state index is 12.4. The summed E-state index contributed by atoms with van der Waals surface area (Å²) in [4.78, 5) is 17.1. The Labute approximate surface area is 144 Å². The molecule has 1 aliphatic heterocycles. The first kappa shape index (κ1) is 15.0. The zero-order valence-electron chi connectivity index (χ0n) is 13.4. The first-order chi connectivity index (χ1) is 11.5. The first-order valence-corrected chi connectivity index (χ1v) is 8.22. The third-order valence-electron chi connectivity index (χ3n) is 4.18. The summed E-state index contributed by atoms with van der Waals surface area (Å²) in [6, 6.07) is 13.6. The second-order valence-corrected chi connectivity index (χ2v) is 6.56. The molecule has 24 heavy (non-hydrogen) atoms. The van der Waals surface area contributed by atoms with Crippen molar-refractivity contribution in [3.05, 3.63) is 58.9 Å². The molecular formula is C19H16ClN3O. The van der Waals surface area contributed by atoms with E-state index in [2.05, 4.69) is 23.7 Å². The Bertz CT molecular complexity index is 1000. The van der Waals surface area contributed by atoms with E-state index in [4.69, 9.17) is 16.6 Å². The van der Waals surface area contributed by atoms with Gasteiger partial charge in [0.15, 0.2) is 0 Å². The topological polar surface area (TPSA) is 46.9 Å². The van der Waals surface area contributed by atoms with Gasteiger partial charge in [0.25, 0.3) is 5.91 Å². The number of nitrogens with zero attached hydrogens (tertiary/aromatic N) is 2. The van der Waals surface area contributed by atoms with Crippen LogP contribution in [0.4, 0.5) is 5.69 Å². The van der Waals surface area contributed by atoms with Crippen molar-refractivity contribution >= 4 is 45.9 Å². The zero-order valence-corrected chi connectivity index (χ0v) is 14.1. The standard InChI is InChI=1S/C19H16ClN3O/c1-11(2)23-17-6-4-3-5-16(17)21-18(23)10-14-13-9-12(20)7-8-15(13)22-19(14)24/h3-11H,1-2H3,(H,22,24)/b14-10+. The molecule has 0 radical (unpaired) electrons. The number of fused-ring (bicyclic) bond motifs is 2. The molecular weight excluding hydrogens is 322 g/mol. The molecule has 0 saturated heterocycles. The molecule has 2 heterocycles. The predicted molar refractivity (Wildman–Crippen MR) is 98.1 cm³/mol. The van der Waals surface area contributed by atoms with E-state index in [9.17, 15) is 4.79 Å². The Hall–Kier alpha value is -2.59. The zero-order chi connectivity index (χ0) is 16.8. The van der Waals surface area contributed by atoms with E-state index in [1.807, 2.05) is 42.5 Å². The van der Waals surface area contributed by atoms with E-state index in [0.29, 0.717) is 10.6 Å². The summed E-state index contributed by atoms with van der Waals surface area (Å²) in [7, 11) is 0. The fraction of sp³-hybridized carbons (Fsp3) is 0.158. The summed E-state index contributed by atoms with van der Waals surface area (Å²) in [6.45, 7) is 4.21. The van der Waals surface area contributed by atoms with Gasteiger partial charge < -0.3 is 9.88 Å². The molecule has 1 aliphatic rings. The maximum absolute atomic E-state index is 12.4. The molecule has 3 aromatic rings. The number of hydrogen-bond acceptors (Lipinski definition) is 2. The first-order valence-electron chi connectivity index (χ1n) is 7.84. The fourth-order valence-corrected chi connectivity index (χ4v) is 3.31. The average Bonchev–Trinajstić information content (AvgIpc) is 3.06. The van der Waals surface area contributed by atoms with E-state index < -0.39 is 0 Å². The Kier molecular flexibility index (Phi) is 3.43. The number of amides is 1. The van der Waals surface area contributed by atoms with Crippen molar-refractivity contribution < 1.29 is 4.79 Å². The number of carbonyl (C=O) groups is 1. The van der Waals surface area contributed by atoms with Crippen LogP contribution in [0.25, 0.3) is 22.7 Å². The second kappa shape index (κ2) is 5.49. The van der Waals surface area contributed by atoms with Gasteiger partial charge in [-0.3, -0.25) is 4.79 Å². The van der Waals surface area contributed by atoms with Crippen LogP contribution in [0.2, 0.25) is 5.02 Å². The summed E-state index contributed by atoms with van der Waals surface area (Å²) in [5.74, 6) is 0.638. The molecule has 0 spiro atoms. The summed E-state index contributed by atoms with van der Waals surface area (Å²) in [6.07, 6.45) is 1.84. The Morgan fingerprint density at radius 2 is 2.00 bits per heavy atom.